The van der Waals surface area contributed by atoms with Gasteiger partial charge >= 0.3 is 0 Å². The monoisotopic (exact) mass is 583 g/mol. The molecule has 2 amide bonds. The number of nitrogens with zero attached hydrogens (tertiary/aromatic N) is 4. The average Bonchev–Trinajstić information content (AvgIpc) is 3.17. The fraction of sp³-hybridized carbons (Fsp3) is 0.484. The number of aliphatic imine (C=N–C) groups is 1. The first-order valence-electron chi connectivity index (χ1n) is 14.2. The number of anilines is 1. The van der Waals surface area contributed by atoms with Crippen LogP contribution < -0.4 is 10.9 Å². The number of amides is 2. The smallest absolute Gasteiger partial charge is 0.295 e. The second kappa shape index (κ2) is 14.6. The van der Waals surface area contributed by atoms with Crippen LogP contribution in [0.25, 0.3) is 5.69 Å². The van der Waals surface area contributed by atoms with Crippen LogP contribution in [-0.2, 0) is 27.8 Å². The van der Waals surface area contributed by atoms with E-state index in [-0.39, 0.29) is 23.6 Å². The minimum Gasteiger partial charge on any atom is -0.373 e. The number of benzene rings is 1. The van der Waals surface area contributed by atoms with Crippen LogP contribution in [0.2, 0.25) is 0 Å². The molecular formula is C31H42ClN5O4. The minimum absolute atomic E-state index is 0.0214. The third-order valence-electron chi connectivity index (χ3n) is 7.14. The summed E-state index contributed by atoms with van der Waals surface area (Å²) in [6, 6.07) is 9.35. The number of para-hydroxylation sites is 1. The van der Waals surface area contributed by atoms with E-state index in [9.17, 15) is 14.4 Å². The van der Waals surface area contributed by atoms with Gasteiger partial charge in [-0.3, -0.25) is 19.1 Å². The van der Waals surface area contributed by atoms with Gasteiger partial charge in [0.15, 0.2) is 0 Å². The van der Waals surface area contributed by atoms with Crippen LogP contribution in [0, 0.1) is 5.41 Å². The van der Waals surface area contributed by atoms with E-state index in [4.69, 9.17) is 16.3 Å². The average molecular weight is 584 g/mol. The summed E-state index contributed by atoms with van der Waals surface area (Å²) in [5, 5.41) is 3.36. The Hall–Kier alpha value is -3.27. The Kier molecular flexibility index (Phi) is 11.5. The van der Waals surface area contributed by atoms with E-state index in [0.29, 0.717) is 35.7 Å². The molecule has 1 N–H and O–H groups in total. The van der Waals surface area contributed by atoms with Gasteiger partial charge in [-0.05, 0) is 44.6 Å². The van der Waals surface area contributed by atoms with Gasteiger partial charge in [0.2, 0.25) is 5.91 Å². The summed E-state index contributed by atoms with van der Waals surface area (Å²) in [6.07, 6.45) is 5.58. The molecule has 1 atom stereocenters. The molecule has 1 aliphatic carbocycles. The molecule has 2 aromatic rings. The fourth-order valence-electron chi connectivity index (χ4n) is 4.88. The third kappa shape index (κ3) is 8.38. The van der Waals surface area contributed by atoms with E-state index in [0.717, 1.165) is 25.3 Å². The van der Waals surface area contributed by atoms with Crippen molar-refractivity contribution in [1.29, 1.82) is 0 Å². The molecule has 0 aliphatic heterocycles. The van der Waals surface area contributed by atoms with Crippen molar-refractivity contribution in [3.05, 3.63) is 69.1 Å². The van der Waals surface area contributed by atoms with Gasteiger partial charge in [0.1, 0.15) is 5.69 Å². The Labute approximate surface area is 247 Å². The third-order valence-corrected chi connectivity index (χ3v) is 7.40. The molecule has 0 saturated heterocycles. The lowest BCUT2D eigenvalue weighted by Gasteiger charge is -2.21. The SMILES string of the molecule is CCOC1CC=C(Cl)C=C1C(=O)N=CC(C)(C)CC(=O)Nc1c(CCN(CC)CC)n(C)n(-c2ccccc2)c1=O. The number of likely N-dealkylation sites (N-methyl/N-ethyl adjacent to an activating group) is 1. The highest BCUT2D eigenvalue weighted by molar-refractivity contribution is 6.31. The number of ether oxygens (including phenoxy) is 1. The van der Waals surface area contributed by atoms with Crippen LogP contribution in [-0.4, -0.2) is 64.6 Å². The quantitative estimate of drug-likeness (QED) is 0.339. The van der Waals surface area contributed by atoms with Crippen molar-refractivity contribution in [3.63, 3.8) is 0 Å². The van der Waals surface area contributed by atoms with E-state index in [2.05, 4.69) is 29.1 Å². The number of halogens is 1. The van der Waals surface area contributed by atoms with Crippen molar-refractivity contribution in [3.8, 4) is 5.69 Å². The second-order valence-electron chi connectivity index (χ2n) is 10.7. The van der Waals surface area contributed by atoms with Crippen LogP contribution in [0.15, 0.2) is 62.9 Å². The van der Waals surface area contributed by atoms with Gasteiger partial charge < -0.3 is 15.0 Å². The first kappa shape index (κ1) is 32.2. The molecule has 10 heteroatoms. The number of carbonyl (C=O) groups excluding carboxylic acids is 2. The zero-order chi connectivity index (χ0) is 30.2. The first-order chi connectivity index (χ1) is 19.5. The Bertz CT molecular complexity index is 1370. The second-order valence-corrected chi connectivity index (χ2v) is 11.2. The molecule has 1 aromatic carbocycles. The van der Waals surface area contributed by atoms with Gasteiger partial charge in [0.25, 0.3) is 11.5 Å². The minimum atomic E-state index is -0.760. The molecule has 0 bridgehead atoms. The van der Waals surface area contributed by atoms with E-state index < -0.39 is 17.4 Å². The summed E-state index contributed by atoms with van der Waals surface area (Å²) in [6.45, 7) is 12.7. The normalized spacial score (nSPS) is 15.8. The Morgan fingerprint density at radius 2 is 1.88 bits per heavy atom. The molecule has 0 fully saturated rings. The molecule has 9 nitrogen and oxygen atoms in total. The molecule has 0 spiro atoms. The maximum atomic E-state index is 13.6. The number of rotatable bonds is 13. The topological polar surface area (TPSA) is 97.9 Å². The van der Waals surface area contributed by atoms with Crippen molar-refractivity contribution in [2.24, 2.45) is 17.5 Å². The number of carbonyl (C=O) groups is 2. The van der Waals surface area contributed by atoms with E-state index >= 15 is 0 Å². The van der Waals surface area contributed by atoms with Crippen LogP contribution in [0.5, 0.6) is 0 Å². The molecule has 0 radical (unpaired) electrons. The number of hydrogen-bond donors (Lipinski definition) is 1. The number of nitrogens with one attached hydrogen (secondary N) is 1. The number of hydrogen-bond acceptors (Lipinski definition) is 5. The highest BCUT2D eigenvalue weighted by Crippen LogP contribution is 2.25. The maximum absolute atomic E-state index is 13.6. The lowest BCUT2D eigenvalue weighted by Crippen LogP contribution is -2.28. The number of aromatic nitrogens is 2. The molecule has 1 unspecified atom stereocenters. The van der Waals surface area contributed by atoms with Crippen LogP contribution in [0.3, 0.4) is 0 Å². The zero-order valence-corrected chi connectivity index (χ0v) is 25.7. The molecule has 0 saturated carbocycles. The van der Waals surface area contributed by atoms with Crippen molar-refractivity contribution in [1.82, 2.24) is 14.3 Å². The van der Waals surface area contributed by atoms with Crippen LogP contribution in [0.4, 0.5) is 5.69 Å². The first-order valence-corrected chi connectivity index (χ1v) is 14.6. The lowest BCUT2D eigenvalue weighted by molar-refractivity contribution is -0.118. The van der Waals surface area contributed by atoms with Gasteiger partial charge in [-0.15, -0.1) is 0 Å². The summed E-state index contributed by atoms with van der Waals surface area (Å²) in [4.78, 5) is 46.2. The van der Waals surface area contributed by atoms with Crippen molar-refractivity contribution in [2.75, 3.05) is 31.6 Å². The Balaban J connectivity index is 1.82. The highest BCUT2D eigenvalue weighted by Gasteiger charge is 2.27. The fourth-order valence-corrected chi connectivity index (χ4v) is 5.09. The highest BCUT2D eigenvalue weighted by atomic mass is 35.5. The van der Waals surface area contributed by atoms with Crippen LogP contribution in [0.1, 0.15) is 53.2 Å². The molecule has 1 aliphatic rings. The van der Waals surface area contributed by atoms with Crippen molar-refractivity contribution in [2.45, 2.75) is 60.0 Å². The van der Waals surface area contributed by atoms with Gasteiger partial charge in [-0.2, -0.15) is 0 Å². The van der Waals surface area contributed by atoms with Gasteiger partial charge in [-0.25, -0.2) is 9.67 Å². The predicted octanol–water partition coefficient (Wildman–Crippen LogP) is 4.87. The molecular weight excluding hydrogens is 542 g/mol. The molecule has 3 rings (SSSR count). The predicted molar refractivity (Wildman–Crippen MR) is 165 cm³/mol. The van der Waals surface area contributed by atoms with Gasteiger partial charge in [0, 0.05) is 55.3 Å². The summed E-state index contributed by atoms with van der Waals surface area (Å²) >= 11 is 6.13. The van der Waals surface area contributed by atoms with Gasteiger partial charge in [-0.1, -0.05) is 63.6 Å². The van der Waals surface area contributed by atoms with Crippen LogP contribution >= 0.6 is 11.6 Å². The zero-order valence-electron chi connectivity index (χ0n) is 24.9. The lowest BCUT2D eigenvalue weighted by atomic mass is 9.90. The maximum Gasteiger partial charge on any atom is 0.295 e. The molecule has 1 aromatic heterocycles. The van der Waals surface area contributed by atoms with Gasteiger partial charge in [0.05, 0.1) is 17.5 Å². The van der Waals surface area contributed by atoms with E-state index in [1.165, 1.54) is 6.21 Å². The summed E-state index contributed by atoms with van der Waals surface area (Å²) in [7, 11) is 1.83. The summed E-state index contributed by atoms with van der Waals surface area (Å²) < 4.78 is 9.06. The van der Waals surface area contributed by atoms with E-state index in [1.807, 2.05) is 68.9 Å². The summed E-state index contributed by atoms with van der Waals surface area (Å²) in [5.74, 6) is -0.786. The standard InChI is InChI=1S/C31H42ClN5O4/c1-7-36(8-2)18-17-25-28(30(40)37(35(25)6)23-13-11-10-12-14-23)34-27(38)20-31(4,5)21-33-29(39)24-19-22(32)15-16-26(24)41-9-3/h10-15,19,21,26H,7-9,16-18,20H2,1-6H3,(H,34,38). The van der Waals surface area contributed by atoms with Crippen molar-refractivity contribution < 1.29 is 14.3 Å². The Morgan fingerprint density at radius 1 is 1.20 bits per heavy atom. The van der Waals surface area contributed by atoms with E-state index in [1.54, 1.807) is 10.8 Å². The summed E-state index contributed by atoms with van der Waals surface area (Å²) in [5.41, 5.74) is 1.07. The number of allylic oxidation sites excluding steroid dienone is 2. The molecule has 41 heavy (non-hydrogen) atoms. The molecule has 1 heterocycles. The largest absolute Gasteiger partial charge is 0.373 e. The molecule has 222 valence electrons. The Morgan fingerprint density at radius 3 is 2.51 bits per heavy atom. The van der Waals surface area contributed by atoms with Crippen molar-refractivity contribution >= 4 is 35.3 Å².